The van der Waals surface area contributed by atoms with E-state index in [4.69, 9.17) is 16.7 Å². The van der Waals surface area contributed by atoms with Gasteiger partial charge in [-0.3, -0.25) is 24.7 Å². The summed E-state index contributed by atoms with van der Waals surface area (Å²) >= 11 is 5.79. The first-order valence-corrected chi connectivity index (χ1v) is 6.93. The minimum Gasteiger partial charge on any atom is -0.480 e. The SMILES string of the molecule is O=C(O)CN1CCN(Cc2ccc(Cl)cc2[N+](=O)[O-])CC1. The van der Waals surface area contributed by atoms with Crippen LogP contribution in [0.1, 0.15) is 5.56 Å². The summed E-state index contributed by atoms with van der Waals surface area (Å²) in [7, 11) is 0. The molecule has 1 saturated heterocycles. The van der Waals surface area contributed by atoms with Crippen LogP contribution in [0, 0.1) is 10.1 Å². The number of benzene rings is 1. The fourth-order valence-electron chi connectivity index (χ4n) is 2.38. The highest BCUT2D eigenvalue weighted by atomic mass is 35.5. The molecule has 8 heteroatoms. The van der Waals surface area contributed by atoms with Crippen LogP contribution in [0.15, 0.2) is 18.2 Å². The molecule has 0 bridgehead atoms. The molecule has 1 aliphatic rings. The largest absolute Gasteiger partial charge is 0.480 e. The van der Waals surface area contributed by atoms with E-state index in [1.165, 1.54) is 6.07 Å². The monoisotopic (exact) mass is 313 g/mol. The van der Waals surface area contributed by atoms with Crippen LogP contribution in [0.25, 0.3) is 0 Å². The van der Waals surface area contributed by atoms with E-state index in [0.29, 0.717) is 43.3 Å². The number of nitro benzene ring substituents is 1. The molecule has 0 aliphatic carbocycles. The Hall–Kier alpha value is -1.70. The first-order chi connectivity index (χ1) is 9.95. The summed E-state index contributed by atoms with van der Waals surface area (Å²) < 4.78 is 0. The van der Waals surface area contributed by atoms with Gasteiger partial charge in [0.25, 0.3) is 5.69 Å². The van der Waals surface area contributed by atoms with E-state index in [1.807, 2.05) is 4.90 Å². The van der Waals surface area contributed by atoms with E-state index in [2.05, 4.69) is 4.90 Å². The summed E-state index contributed by atoms with van der Waals surface area (Å²) in [6, 6.07) is 4.67. The molecule has 1 heterocycles. The number of hydrogen-bond acceptors (Lipinski definition) is 5. The third-order valence-corrected chi connectivity index (χ3v) is 3.70. The first kappa shape index (κ1) is 15.7. The molecule has 1 aromatic carbocycles. The minimum atomic E-state index is -0.836. The van der Waals surface area contributed by atoms with Crippen molar-refractivity contribution >= 4 is 23.3 Å². The van der Waals surface area contributed by atoms with Gasteiger partial charge in [-0.25, -0.2) is 0 Å². The lowest BCUT2D eigenvalue weighted by atomic mass is 10.1. The van der Waals surface area contributed by atoms with Crippen molar-refractivity contribution in [3.8, 4) is 0 Å². The van der Waals surface area contributed by atoms with Crippen LogP contribution in [0.3, 0.4) is 0 Å². The molecular formula is C13H16ClN3O4. The van der Waals surface area contributed by atoms with Crippen molar-refractivity contribution in [1.82, 2.24) is 9.80 Å². The fourth-order valence-corrected chi connectivity index (χ4v) is 2.54. The second-order valence-corrected chi connectivity index (χ2v) is 5.41. The zero-order chi connectivity index (χ0) is 15.4. The third-order valence-electron chi connectivity index (χ3n) is 3.46. The van der Waals surface area contributed by atoms with Crippen LogP contribution in [0.4, 0.5) is 5.69 Å². The zero-order valence-electron chi connectivity index (χ0n) is 11.4. The highest BCUT2D eigenvalue weighted by Crippen LogP contribution is 2.24. The number of carboxylic acid groups (broad SMARTS) is 1. The van der Waals surface area contributed by atoms with Crippen LogP contribution < -0.4 is 0 Å². The van der Waals surface area contributed by atoms with Gasteiger partial charge < -0.3 is 5.11 Å². The molecule has 2 rings (SSSR count). The molecule has 7 nitrogen and oxygen atoms in total. The van der Waals surface area contributed by atoms with Gasteiger partial charge in [0.1, 0.15) is 0 Å². The Balaban J connectivity index is 1.97. The molecule has 1 aromatic rings. The predicted molar refractivity (Wildman–Crippen MR) is 77.5 cm³/mol. The van der Waals surface area contributed by atoms with Gasteiger partial charge in [-0.05, 0) is 12.1 Å². The minimum absolute atomic E-state index is 0.0236. The Labute approximate surface area is 126 Å². The number of aliphatic carboxylic acids is 1. The highest BCUT2D eigenvalue weighted by Gasteiger charge is 2.21. The van der Waals surface area contributed by atoms with Crippen molar-refractivity contribution in [3.63, 3.8) is 0 Å². The van der Waals surface area contributed by atoms with E-state index in [9.17, 15) is 14.9 Å². The van der Waals surface area contributed by atoms with Crippen molar-refractivity contribution in [2.45, 2.75) is 6.54 Å². The number of carbonyl (C=O) groups is 1. The van der Waals surface area contributed by atoms with Crippen molar-refractivity contribution < 1.29 is 14.8 Å². The second kappa shape index (κ2) is 6.84. The quantitative estimate of drug-likeness (QED) is 0.654. The molecule has 1 fully saturated rings. The smallest absolute Gasteiger partial charge is 0.317 e. The number of nitrogens with zero attached hydrogens (tertiary/aromatic N) is 3. The van der Waals surface area contributed by atoms with Gasteiger partial charge in [-0.2, -0.15) is 0 Å². The van der Waals surface area contributed by atoms with Gasteiger partial charge in [-0.1, -0.05) is 11.6 Å². The maximum atomic E-state index is 11.0. The average Bonchev–Trinajstić information content (AvgIpc) is 2.42. The Morgan fingerprint density at radius 2 is 1.90 bits per heavy atom. The average molecular weight is 314 g/mol. The van der Waals surface area contributed by atoms with Gasteiger partial charge in [0.05, 0.1) is 11.5 Å². The standard InChI is InChI=1S/C13H16ClN3O4/c14-11-2-1-10(12(7-11)17(20)21)8-15-3-5-16(6-4-15)9-13(18)19/h1-2,7H,3-6,8-9H2,(H,18,19). The summed E-state index contributed by atoms with van der Waals surface area (Å²) in [4.78, 5) is 25.2. The van der Waals surface area contributed by atoms with E-state index in [-0.39, 0.29) is 12.2 Å². The summed E-state index contributed by atoms with van der Waals surface area (Å²) in [5.74, 6) is -0.836. The summed E-state index contributed by atoms with van der Waals surface area (Å²) in [6.07, 6.45) is 0. The molecule has 0 spiro atoms. The number of nitro groups is 1. The number of rotatable bonds is 5. The van der Waals surface area contributed by atoms with Gasteiger partial charge in [-0.15, -0.1) is 0 Å². The maximum absolute atomic E-state index is 11.0. The second-order valence-electron chi connectivity index (χ2n) is 4.98. The highest BCUT2D eigenvalue weighted by molar-refractivity contribution is 6.30. The third kappa shape index (κ3) is 4.38. The van der Waals surface area contributed by atoms with Crippen molar-refractivity contribution in [2.24, 2.45) is 0 Å². The summed E-state index contributed by atoms with van der Waals surface area (Å²) in [5, 5.41) is 20.1. The number of halogens is 1. The van der Waals surface area contributed by atoms with E-state index >= 15 is 0 Å². The molecule has 0 atom stereocenters. The zero-order valence-corrected chi connectivity index (χ0v) is 12.1. The van der Waals surface area contributed by atoms with Gasteiger partial charge in [0.15, 0.2) is 0 Å². The molecule has 21 heavy (non-hydrogen) atoms. The lowest BCUT2D eigenvalue weighted by Gasteiger charge is -2.33. The van der Waals surface area contributed by atoms with Gasteiger partial charge in [0, 0.05) is 49.4 Å². The van der Waals surface area contributed by atoms with Crippen molar-refractivity contribution in [2.75, 3.05) is 32.7 Å². The Kier molecular flexibility index (Phi) is 5.11. The van der Waals surface area contributed by atoms with Gasteiger partial charge in [0.2, 0.25) is 0 Å². The molecule has 0 amide bonds. The van der Waals surface area contributed by atoms with E-state index in [0.717, 1.165) is 0 Å². The van der Waals surface area contributed by atoms with E-state index in [1.54, 1.807) is 12.1 Å². The van der Waals surface area contributed by atoms with Crippen LogP contribution in [-0.2, 0) is 11.3 Å². The van der Waals surface area contributed by atoms with Crippen molar-refractivity contribution in [1.29, 1.82) is 0 Å². The summed E-state index contributed by atoms with van der Waals surface area (Å²) in [5.41, 5.74) is 0.645. The number of piperazine rings is 1. The molecule has 0 unspecified atom stereocenters. The van der Waals surface area contributed by atoms with Crippen molar-refractivity contribution in [3.05, 3.63) is 38.9 Å². The number of hydrogen-bond donors (Lipinski definition) is 1. The normalized spacial score (nSPS) is 16.8. The predicted octanol–water partition coefficient (Wildman–Crippen LogP) is 1.45. The lowest BCUT2D eigenvalue weighted by molar-refractivity contribution is -0.385. The Morgan fingerprint density at radius 1 is 1.29 bits per heavy atom. The molecule has 1 aliphatic heterocycles. The number of carboxylic acids is 1. The van der Waals surface area contributed by atoms with Gasteiger partial charge >= 0.3 is 5.97 Å². The lowest BCUT2D eigenvalue weighted by Crippen LogP contribution is -2.47. The molecule has 1 N–H and O–H groups in total. The molecular weight excluding hydrogens is 298 g/mol. The fraction of sp³-hybridized carbons (Fsp3) is 0.462. The summed E-state index contributed by atoms with van der Waals surface area (Å²) in [6.45, 7) is 3.17. The molecule has 0 radical (unpaired) electrons. The van der Waals surface area contributed by atoms with E-state index < -0.39 is 10.9 Å². The molecule has 114 valence electrons. The maximum Gasteiger partial charge on any atom is 0.317 e. The van der Waals surface area contributed by atoms with Crippen LogP contribution in [-0.4, -0.2) is 58.5 Å². The molecule has 0 aromatic heterocycles. The van der Waals surface area contributed by atoms with Crippen LogP contribution in [0.2, 0.25) is 5.02 Å². The molecule has 0 saturated carbocycles. The topological polar surface area (TPSA) is 86.9 Å². The Bertz CT molecular complexity index is 544. The first-order valence-electron chi connectivity index (χ1n) is 6.55. The Morgan fingerprint density at radius 3 is 2.48 bits per heavy atom. The van der Waals surface area contributed by atoms with Crippen LogP contribution in [0.5, 0.6) is 0 Å². The van der Waals surface area contributed by atoms with Crippen LogP contribution >= 0.6 is 11.6 Å².